The molecule has 1 rings (SSSR count). The van der Waals surface area contributed by atoms with E-state index < -0.39 is 29.5 Å². The molecule has 1 aromatic carbocycles. The van der Waals surface area contributed by atoms with Gasteiger partial charge in [-0.25, -0.2) is 9.18 Å². The number of nitrogens with two attached hydrogens (primary N) is 1. The van der Waals surface area contributed by atoms with Crippen LogP contribution in [0.2, 0.25) is 0 Å². The van der Waals surface area contributed by atoms with Crippen LogP contribution in [0.1, 0.15) is 33.6 Å². The number of alkyl carbamates (subject to hydrolysis) is 1. The van der Waals surface area contributed by atoms with Crippen LogP contribution in [0.5, 0.6) is 5.75 Å². The molecule has 134 valence electrons. The molecule has 0 aromatic heterocycles. The number of amides is 2. The van der Waals surface area contributed by atoms with Gasteiger partial charge >= 0.3 is 6.09 Å². The molecular formula is C16H22BrFN2O4. The minimum absolute atomic E-state index is 0.0279. The highest BCUT2D eigenvalue weighted by atomic mass is 79.9. The summed E-state index contributed by atoms with van der Waals surface area (Å²) in [5.74, 6) is -0.998. The minimum Gasteiger partial charge on any atom is -0.488 e. The molecule has 8 heteroatoms. The van der Waals surface area contributed by atoms with E-state index in [1.54, 1.807) is 32.9 Å². The zero-order valence-corrected chi connectivity index (χ0v) is 15.5. The Morgan fingerprint density at radius 1 is 1.38 bits per heavy atom. The second kappa shape index (κ2) is 8.86. The van der Waals surface area contributed by atoms with Gasteiger partial charge < -0.3 is 20.5 Å². The van der Waals surface area contributed by atoms with Crippen LogP contribution in [-0.2, 0) is 9.53 Å². The Labute approximate surface area is 149 Å². The summed E-state index contributed by atoms with van der Waals surface area (Å²) in [6.07, 6.45) is -0.329. The monoisotopic (exact) mass is 404 g/mol. The molecule has 0 unspecified atom stereocenters. The fraction of sp³-hybridized carbons (Fsp3) is 0.500. The highest BCUT2D eigenvalue weighted by molar-refractivity contribution is 9.10. The van der Waals surface area contributed by atoms with Crippen molar-refractivity contribution in [1.29, 1.82) is 0 Å². The molecule has 0 saturated carbocycles. The minimum atomic E-state index is -0.657. The molecule has 0 radical (unpaired) electrons. The summed E-state index contributed by atoms with van der Waals surface area (Å²) in [5.41, 5.74) is 4.48. The Balaban J connectivity index is 2.69. The van der Waals surface area contributed by atoms with E-state index in [4.69, 9.17) is 15.2 Å². The lowest BCUT2D eigenvalue weighted by Crippen LogP contribution is -2.42. The first-order chi connectivity index (χ1) is 11.1. The van der Waals surface area contributed by atoms with E-state index in [2.05, 4.69) is 21.2 Å². The summed E-state index contributed by atoms with van der Waals surface area (Å²) in [6.45, 7) is 5.18. The first kappa shape index (κ1) is 20.2. The second-order valence-corrected chi connectivity index (χ2v) is 7.07. The third-order valence-electron chi connectivity index (χ3n) is 2.82. The maximum Gasteiger partial charge on any atom is 0.407 e. The zero-order chi connectivity index (χ0) is 18.3. The molecule has 24 heavy (non-hydrogen) atoms. The van der Waals surface area contributed by atoms with E-state index in [1.807, 2.05) is 0 Å². The van der Waals surface area contributed by atoms with Gasteiger partial charge in [-0.3, -0.25) is 4.79 Å². The average molecular weight is 405 g/mol. The first-order valence-corrected chi connectivity index (χ1v) is 8.22. The predicted octanol–water partition coefficient (Wildman–Crippen LogP) is 3.13. The number of primary amides is 1. The van der Waals surface area contributed by atoms with Gasteiger partial charge in [0, 0.05) is 6.42 Å². The number of nitrogens with one attached hydrogen (secondary N) is 1. The maximum absolute atomic E-state index is 13.9. The number of hydrogen-bond acceptors (Lipinski definition) is 4. The molecule has 0 spiro atoms. The lowest BCUT2D eigenvalue weighted by molar-refractivity contribution is -0.118. The van der Waals surface area contributed by atoms with Gasteiger partial charge in [-0.2, -0.15) is 0 Å². The highest BCUT2D eigenvalue weighted by Gasteiger charge is 2.21. The molecule has 1 aromatic rings. The molecule has 0 fully saturated rings. The Morgan fingerprint density at radius 2 is 2.04 bits per heavy atom. The molecule has 0 saturated heterocycles. The normalized spacial score (nSPS) is 12.4. The predicted molar refractivity (Wildman–Crippen MR) is 91.2 cm³/mol. The van der Waals surface area contributed by atoms with E-state index in [0.717, 1.165) is 0 Å². The van der Waals surface area contributed by atoms with Crippen LogP contribution in [0.25, 0.3) is 0 Å². The summed E-state index contributed by atoms with van der Waals surface area (Å²) in [4.78, 5) is 22.8. The van der Waals surface area contributed by atoms with Gasteiger partial charge in [-0.1, -0.05) is 6.07 Å². The van der Waals surface area contributed by atoms with Gasteiger partial charge in [0.25, 0.3) is 0 Å². The maximum atomic E-state index is 13.9. The number of benzene rings is 1. The van der Waals surface area contributed by atoms with Crippen molar-refractivity contribution in [2.75, 3.05) is 6.61 Å². The van der Waals surface area contributed by atoms with E-state index in [1.165, 1.54) is 6.07 Å². The fourth-order valence-corrected chi connectivity index (χ4v) is 2.12. The SMILES string of the molecule is CC(C)(C)OC(=O)N[C@@H](CCC(N)=O)COc1cccc(Br)c1F. The molecule has 3 N–H and O–H groups in total. The number of carbonyl (C=O) groups excluding carboxylic acids is 2. The second-order valence-electron chi connectivity index (χ2n) is 6.21. The number of carbonyl (C=O) groups is 2. The molecule has 0 bridgehead atoms. The zero-order valence-electron chi connectivity index (χ0n) is 13.9. The lowest BCUT2D eigenvalue weighted by Gasteiger charge is -2.23. The standard InChI is InChI=1S/C16H22BrFN2O4/c1-16(2,3)24-15(22)20-10(7-8-13(19)21)9-23-12-6-4-5-11(17)14(12)18/h4-6,10H,7-9H2,1-3H3,(H2,19,21)(H,20,22)/t10-/m0/s1. The molecule has 1 atom stereocenters. The Kier molecular flexibility index (Phi) is 7.47. The molecule has 0 heterocycles. The van der Waals surface area contributed by atoms with E-state index in [9.17, 15) is 14.0 Å². The first-order valence-electron chi connectivity index (χ1n) is 7.43. The lowest BCUT2D eigenvalue weighted by atomic mass is 10.1. The van der Waals surface area contributed by atoms with Crippen LogP contribution in [0, 0.1) is 5.82 Å². The number of rotatable bonds is 7. The van der Waals surface area contributed by atoms with Crippen molar-refractivity contribution in [2.24, 2.45) is 5.73 Å². The average Bonchev–Trinajstić information content (AvgIpc) is 2.43. The molecule has 2 amide bonds. The highest BCUT2D eigenvalue weighted by Crippen LogP contribution is 2.24. The molecular weight excluding hydrogens is 383 g/mol. The van der Waals surface area contributed by atoms with Crippen molar-refractivity contribution >= 4 is 27.9 Å². The number of halogens is 2. The summed E-state index contributed by atoms with van der Waals surface area (Å²) in [6, 6.07) is 4.10. The molecule has 0 aliphatic rings. The van der Waals surface area contributed by atoms with Crippen molar-refractivity contribution in [3.63, 3.8) is 0 Å². The summed E-state index contributed by atoms with van der Waals surface area (Å²) in [5, 5.41) is 2.61. The Morgan fingerprint density at radius 3 is 2.62 bits per heavy atom. The van der Waals surface area contributed by atoms with Crippen LogP contribution >= 0.6 is 15.9 Å². The van der Waals surface area contributed by atoms with Gasteiger partial charge in [0.2, 0.25) is 5.91 Å². The molecule has 0 aliphatic carbocycles. The molecule has 6 nitrogen and oxygen atoms in total. The van der Waals surface area contributed by atoms with Gasteiger partial charge in [-0.15, -0.1) is 0 Å². The van der Waals surface area contributed by atoms with Gasteiger partial charge in [0.1, 0.15) is 12.2 Å². The third-order valence-corrected chi connectivity index (χ3v) is 3.43. The third kappa shape index (κ3) is 7.63. The Hall–Kier alpha value is -1.83. The van der Waals surface area contributed by atoms with E-state index in [0.29, 0.717) is 0 Å². The topological polar surface area (TPSA) is 90.6 Å². The van der Waals surface area contributed by atoms with Crippen LogP contribution in [0.4, 0.5) is 9.18 Å². The van der Waals surface area contributed by atoms with Crippen LogP contribution in [0.15, 0.2) is 22.7 Å². The molecule has 0 aliphatic heterocycles. The van der Waals surface area contributed by atoms with Gasteiger partial charge in [0.15, 0.2) is 11.6 Å². The van der Waals surface area contributed by atoms with Crippen LogP contribution in [0.3, 0.4) is 0 Å². The number of ether oxygens (including phenoxy) is 2. The summed E-state index contributed by atoms with van der Waals surface area (Å²) >= 11 is 3.07. The Bertz CT molecular complexity index is 590. The van der Waals surface area contributed by atoms with Crippen molar-refractivity contribution in [1.82, 2.24) is 5.32 Å². The van der Waals surface area contributed by atoms with Crippen LogP contribution in [-0.4, -0.2) is 30.3 Å². The van der Waals surface area contributed by atoms with Crippen molar-refractivity contribution < 1.29 is 23.5 Å². The smallest absolute Gasteiger partial charge is 0.407 e. The van der Waals surface area contributed by atoms with E-state index in [-0.39, 0.29) is 29.7 Å². The van der Waals surface area contributed by atoms with Crippen molar-refractivity contribution in [3.05, 3.63) is 28.5 Å². The van der Waals surface area contributed by atoms with Crippen molar-refractivity contribution in [3.8, 4) is 5.75 Å². The summed E-state index contributed by atoms with van der Waals surface area (Å²) < 4.78 is 24.7. The van der Waals surface area contributed by atoms with Gasteiger partial charge in [-0.05, 0) is 55.3 Å². The van der Waals surface area contributed by atoms with Crippen LogP contribution < -0.4 is 15.8 Å². The quantitative estimate of drug-likeness (QED) is 0.730. The van der Waals surface area contributed by atoms with E-state index >= 15 is 0 Å². The summed E-state index contributed by atoms with van der Waals surface area (Å²) in [7, 11) is 0. The fourth-order valence-electron chi connectivity index (χ4n) is 1.77. The number of hydrogen-bond donors (Lipinski definition) is 2. The van der Waals surface area contributed by atoms with Gasteiger partial charge in [0.05, 0.1) is 10.5 Å². The largest absolute Gasteiger partial charge is 0.488 e. The van der Waals surface area contributed by atoms with Crippen molar-refractivity contribution in [2.45, 2.75) is 45.3 Å².